The number of aliphatic hydroxyl groups is 21. The summed E-state index contributed by atoms with van der Waals surface area (Å²) in [6, 6.07) is -7.39. The standard InChI is InChI=1S/C56H94N4O41/c1-15-32(76)38(82)39(83)50(91-15)97-46-31(60-19(5)70)49(94-28(13-66)43(46)96-52-41(85)48(37(81)27(12-65)93-52)101-56(54(88)89)7-22(72)30(59-18(4)69)45(99-56)34(78)24(74)10-63)90-14-25(75)35(79)42(20(8-61)57-16(2)67)95-51-40(84)47(36(80)26(11-64)92-51)100-55(53(86)87)6-21(71)29(58-17(3)68)44(98-55)33(77)23(73)9-62/h15,20-52,61-66,71-85H,6-14H2,1-5H3,(H,57,67)(H,58,68)(H,59,69)(H,60,70)(H,86,87)(H,88,89)/t15-,20-,21-,22-,23+,24+,25+,26+,27+,28+,29+,30+,31+,32+,33+,34+,35-,36-,37-,38+,39-,40+,41+,42+,43+,44+,45+,46+,47-,48-,49+,50-,51-,52-,55-,56-/m0/s1. The van der Waals surface area contributed by atoms with E-state index in [1.165, 1.54) is 6.92 Å². The molecule has 0 unspecified atom stereocenters. The van der Waals surface area contributed by atoms with Crippen molar-refractivity contribution in [2.45, 2.75) is 267 Å². The summed E-state index contributed by atoms with van der Waals surface area (Å²) in [6.45, 7) is -3.73. The molecule has 6 heterocycles. The summed E-state index contributed by atoms with van der Waals surface area (Å²) >= 11 is 0. The van der Waals surface area contributed by atoms with E-state index in [-0.39, 0.29) is 0 Å². The number of aliphatic carboxylic acids is 2. The Bertz CT molecular complexity index is 2700. The first-order chi connectivity index (χ1) is 47.3. The molecule has 4 amide bonds. The Labute approximate surface area is 572 Å². The molecule has 0 radical (unpaired) electrons. The van der Waals surface area contributed by atoms with Crippen LogP contribution in [-0.4, -0.2) is 419 Å². The number of carbonyl (C=O) groups excluding carboxylic acids is 4. The summed E-state index contributed by atoms with van der Waals surface area (Å²) in [6.07, 6.45) is -68.7. The fraction of sp³-hybridized carbons (Fsp3) is 0.893. The molecule has 45 nitrogen and oxygen atoms in total. The van der Waals surface area contributed by atoms with Crippen molar-refractivity contribution in [3.63, 3.8) is 0 Å². The molecule has 0 aromatic rings. The van der Waals surface area contributed by atoms with Gasteiger partial charge in [-0.1, -0.05) is 0 Å². The van der Waals surface area contributed by atoms with Gasteiger partial charge in [0, 0.05) is 40.5 Å². The zero-order valence-electron chi connectivity index (χ0n) is 54.6. The second-order valence-electron chi connectivity index (χ2n) is 25.2. The highest BCUT2D eigenvalue weighted by Crippen LogP contribution is 2.42. The van der Waals surface area contributed by atoms with Crippen LogP contribution >= 0.6 is 0 Å². The lowest BCUT2D eigenvalue weighted by Crippen LogP contribution is -2.71. The van der Waals surface area contributed by atoms with Crippen LogP contribution in [-0.2, 0) is 85.6 Å². The molecule has 0 aliphatic carbocycles. The third-order valence-electron chi connectivity index (χ3n) is 17.7. The van der Waals surface area contributed by atoms with Crippen molar-refractivity contribution in [3.05, 3.63) is 0 Å². The maximum absolute atomic E-state index is 13.3. The number of carbonyl (C=O) groups is 6. The SMILES string of the molecule is CC(=O)N[C@H]1[C@H](OC[C@@H](O)[C@H](O)[C@H](O[C@@H]2O[C@H](CO)[C@H](O)[C@H](O[C@]3(C(=O)O)C[C@H](O)[C@@H](NC(C)=O)[C@H]([C@H](O)[C@H](O)CO)O3)[C@H]2O)[C@H](CO)NC(C)=O)O[C@H](CO)[C@@H](O[C@@H]2O[C@H](CO)[C@H](O)[C@H](O[C@]3(C(=O)O)C[C@H](O)[C@@H](NC(C)=O)[C@H]([C@H](O)[C@H](O)CO)O3)[C@H]2O)[C@@H]1O[C@@H]1O[C@@H](C)[C@@H](O)[C@@H](O)[C@@H]1O. The van der Waals surface area contributed by atoms with E-state index in [1.54, 1.807) is 0 Å². The molecule has 0 aromatic heterocycles. The van der Waals surface area contributed by atoms with Gasteiger partial charge in [0.25, 0.3) is 11.6 Å². The first-order valence-electron chi connectivity index (χ1n) is 31.6. The first-order valence-corrected chi connectivity index (χ1v) is 31.6. The minimum Gasteiger partial charge on any atom is -0.477 e. The Hall–Kier alpha value is -4.50. The normalized spacial score (nSPS) is 41.6. The average molecular weight is 1480 g/mol. The summed E-state index contributed by atoms with van der Waals surface area (Å²) in [7, 11) is 0. The molecule has 6 aliphatic rings. The minimum absolute atomic E-state index is 0.876. The second kappa shape index (κ2) is 36.7. The molecule has 0 saturated carbocycles. The molecular formula is C56H94N4O41. The highest BCUT2D eigenvalue weighted by Gasteiger charge is 2.63. The summed E-state index contributed by atoms with van der Waals surface area (Å²) in [5.74, 6) is -14.7. The Morgan fingerprint density at radius 1 is 0.465 bits per heavy atom. The van der Waals surface area contributed by atoms with Crippen LogP contribution < -0.4 is 21.3 Å². The van der Waals surface area contributed by atoms with Gasteiger partial charge in [0.2, 0.25) is 23.6 Å². The van der Waals surface area contributed by atoms with Gasteiger partial charge >= 0.3 is 11.9 Å². The van der Waals surface area contributed by atoms with E-state index in [9.17, 15) is 146 Å². The molecule has 45 heteroatoms. The van der Waals surface area contributed by atoms with E-state index in [2.05, 4.69) is 21.3 Å². The zero-order chi connectivity index (χ0) is 75.8. The molecule has 0 bridgehead atoms. The highest BCUT2D eigenvalue weighted by atomic mass is 16.8. The van der Waals surface area contributed by atoms with Gasteiger partial charge in [0.1, 0.15) is 146 Å². The highest BCUT2D eigenvalue weighted by molar-refractivity contribution is 5.78. The van der Waals surface area contributed by atoms with E-state index in [0.717, 1.165) is 27.7 Å². The Balaban J connectivity index is 1.34. The first kappa shape index (κ1) is 85.4. The average Bonchev–Trinajstić information content (AvgIpc) is 0.759. The molecule has 584 valence electrons. The lowest BCUT2D eigenvalue weighted by molar-refractivity contribution is -0.391. The second-order valence-corrected chi connectivity index (χ2v) is 25.2. The van der Waals surface area contributed by atoms with Crippen LogP contribution in [0.15, 0.2) is 0 Å². The van der Waals surface area contributed by atoms with Crippen LogP contribution in [0.5, 0.6) is 0 Å². The predicted octanol–water partition coefficient (Wildman–Crippen LogP) is -16.6. The van der Waals surface area contributed by atoms with E-state index in [4.69, 9.17) is 56.8 Å². The summed E-state index contributed by atoms with van der Waals surface area (Å²) < 4.78 is 70.0. The molecule has 36 atom stereocenters. The molecule has 6 fully saturated rings. The van der Waals surface area contributed by atoms with Crippen molar-refractivity contribution in [2.75, 3.05) is 46.2 Å². The van der Waals surface area contributed by atoms with Crippen LogP contribution in [0.4, 0.5) is 0 Å². The number of carboxylic acid groups (broad SMARTS) is 2. The number of nitrogens with one attached hydrogen (secondary N) is 4. The number of hydrogen-bond donors (Lipinski definition) is 27. The van der Waals surface area contributed by atoms with Gasteiger partial charge in [-0.15, -0.1) is 0 Å². The quantitative estimate of drug-likeness (QED) is 0.0297. The Morgan fingerprint density at radius 3 is 1.30 bits per heavy atom. The Kier molecular flexibility index (Phi) is 31.0. The van der Waals surface area contributed by atoms with Crippen LogP contribution in [0.2, 0.25) is 0 Å². The van der Waals surface area contributed by atoms with Crippen LogP contribution in [0.3, 0.4) is 0 Å². The molecule has 101 heavy (non-hydrogen) atoms. The molecular weight excluding hydrogens is 1380 g/mol. The summed E-state index contributed by atoms with van der Waals surface area (Å²) in [5.41, 5.74) is 0. The number of amides is 4. The molecule has 0 aromatic carbocycles. The van der Waals surface area contributed by atoms with Gasteiger partial charge in [-0.3, -0.25) is 19.2 Å². The summed E-state index contributed by atoms with van der Waals surface area (Å²) in [4.78, 5) is 76.7. The van der Waals surface area contributed by atoms with Crippen LogP contribution in [0.25, 0.3) is 0 Å². The topological polar surface area (TPSA) is 727 Å². The van der Waals surface area contributed by atoms with Crippen LogP contribution in [0.1, 0.15) is 47.5 Å². The van der Waals surface area contributed by atoms with Gasteiger partial charge < -0.3 is 196 Å². The number of rotatable bonds is 32. The van der Waals surface area contributed by atoms with E-state index >= 15 is 0 Å². The Morgan fingerprint density at radius 2 is 0.881 bits per heavy atom. The fourth-order valence-corrected chi connectivity index (χ4v) is 12.5. The van der Waals surface area contributed by atoms with Gasteiger partial charge in [-0.05, 0) is 6.92 Å². The number of hydrogen-bond acceptors (Lipinski definition) is 39. The lowest BCUT2D eigenvalue weighted by atomic mass is 9.88. The minimum atomic E-state index is -3.31. The molecule has 6 rings (SSSR count). The molecule has 6 aliphatic heterocycles. The van der Waals surface area contributed by atoms with Crippen molar-refractivity contribution < 1.29 is 203 Å². The van der Waals surface area contributed by atoms with E-state index < -0.39 is 314 Å². The van der Waals surface area contributed by atoms with E-state index in [0.29, 0.717) is 0 Å². The monoisotopic (exact) mass is 1480 g/mol. The summed E-state index contributed by atoms with van der Waals surface area (Å²) in [5, 5.41) is 261. The lowest BCUT2D eigenvalue weighted by Gasteiger charge is -2.51. The zero-order valence-corrected chi connectivity index (χ0v) is 54.6. The van der Waals surface area contributed by atoms with Crippen molar-refractivity contribution in [3.8, 4) is 0 Å². The van der Waals surface area contributed by atoms with Gasteiger partial charge in [0.15, 0.2) is 25.2 Å². The fourth-order valence-electron chi connectivity index (χ4n) is 12.5. The number of ether oxygens (including phenoxy) is 12. The van der Waals surface area contributed by atoms with Crippen molar-refractivity contribution >= 4 is 35.6 Å². The van der Waals surface area contributed by atoms with Gasteiger partial charge in [0.05, 0.1) is 82.7 Å². The van der Waals surface area contributed by atoms with Gasteiger partial charge in [-0.2, -0.15) is 0 Å². The predicted molar refractivity (Wildman–Crippen MR) is 313 cm³/mol. The number of aliphatic hydroxyl groups excluding tert-OH is 21. The third-order valence-corrected chi connectivity index (χ3v) is 17.7. The van der Waals surface area contributed by atoms with Gasteiger partial charge in [-0.25, -0.2) is 9.59 Å². The largest absolute Gasteiger partial charge is 0.477 e. The molecule has 6 saturated heterocycles. The van der Waals surface area contributed by atoms with Crippen molar-refractivity contribution in [1.82, 2.24) is 21.3 Å². The maximum atomic E-state index is 13.3. The third kappa shape index (κ3) is 19.6. The smallest absolute Gasteiger partial charge is 0.364 e. The molecule has 0 spiro atoms. The van der Waals surface area contributed by atoms with Crippen LogP contribution in [0, 0.1) is 0 Å². The maximum Gasteiger partial charge on any atom is 0.364 e. The number of carboxylic acids is 2. The van der Waals surface area contributed by atoms with Crippen molar-refractivity contribution in [2.24, 2.45) is 0 Å². The van der Waals surface area contributed by atoms with E-state index in [1.807, 2.05) is 0 Å². The molecule has 27 N–H and O–H groups in total. The van der Waals surface area contributed by atoms with Crippen molar-refractivity contribution in [1.29, 1.82) is 0 Å².